The maximum Gasteiger partial charge on any atom is 0.253 e. The molecule has 2 heterocycles. The third-order valence-corrected chi connectivity index (χ3v) is 7.51. The molecule has 2 saturated heterocycles. The van der Waals surface area contributed by atoms with Crippen molar-refractivity contribution >= 4 is 28.3 Å². The second kappa shape index (κ2) is 10.6. The number of benzene rings is 1. The van der Waals surface area contributed by atoms with Crippen molar-refractivity contribution < 1.29 is 13.2 Å². The average Bonchev–Trinajstić information content (AvgIpc) is 2.73. The van der Waals surface area contributed by atoms with Gasteiger partial charge in [0.25, 0.3) is 5.91 Å². The first-order valence-corrected chi connectivity index (χ1v) is 11.6. The van der Waals surface area contributed by atoms with Gasteiger partial charge in [0.05, 0.1) is 4.90 Å². The third kappa shape index (κ3) is 5.47. The highest BCUT2D eigenvalue weighted by atomic mass is 35.5. The molecule has 0 radical (unpaired) electrons. The van der Waals surface area contributed by atoms with Gasteiger partial charge in [0.2, 0.25) is 10.0 Å². The van der Waals surface area contributed by atoms with Crippen molar-refractivity contribution in [2.75, 3.05) is 39.3 Å². The fourth-order valence-corrected chi connectivity index (χ4v) is 5.48. The van der Waals surface area contributed by atoms with Crippen LogP contribution in [0.1, 0.15) is 49.4 Å². The van der Waals surface area contributed by atoms with Gasteiger partial charge in [0.1, 0.15) is 0 Å². The minimum Gasteiger partial charge on any atom is -0.339 e. The van der Waals surface area contributed by atoms with E-state index in [-0.39, 0.29) is 23.2 Å². The van der Waals surface area contributed by atoms with Gasteiger partial charge in [-0.2, -0.15) is 4.31 Å². The van der Waals surface area contributed by atoms with Crippen molar-refractivity contribution in [3.05, 3.63) is 29.8 Å². The van der Waals surface area contributed by atoms with Crippen LogP contribution in [0.5, 0.6) is 0 Å². The molecule has 8 heteroatoms. The summed E-state index contributed by atoms with van der Waals surface area (Å²) >= 11 is 0. The quantitative estimate of drug-likeness (QED) is 0.754. The molecule has 0 spiro atoms. The zero-order valence-electron chi connectivity index (χ0n) is 16.6. The molecule has 0 atom stereocenters. The number of rotatable bonds is 6. The number of nitrogens with zero attached hydrogens (tertiary/aromatic N) is 2. The normalized spacial score (nSPS) is 19.2. The Bertz CT molecular complexity index is 743. The minimum atomic E-state index is -3.51. The summed E-state index contributed by atoms with van der Waals surface area (Å²) in [5.41, 5.74) is 0.471. The number of halogens is 1. The molecule has 1 aromatic carbocycles. The van der Waals surface area contributed by atoms with Gasteiger partial charge in [0.15, 0.2) is 0 Å². The van der Waals surface area contributed by atoms with Crippen molar-refractivity contribution in [3.63, 3.8) is 0 Å². The molecule has 1 N–H and O–H groups in total. The Kier molecular flexibility index (Phi) is 8.74. The monoisotopic (exact) mass is 429 g/mol. The van der Waals surface area contributed by atoms with Crippen molar-refractivity contribution in [3.8, 4) is 0 Å². The summed E-state index contributed by atoms with van der Waals surface area (Å²) < 4.78 is 27.3. The molecule has 0 bridgehead atoms. The van der Waals surface area contributed by atoms with Gasteiger partial charge in [0, 0.05) is 31.7 Å². The molecule has 0 aromatic heterocycles. The molecule has 158 valence electrons. The predicted molar refractivity (Wildman–Crippen MR) is 113 cm³/mol. The first-order chi connectivity index (χ1) is 13.0. The highest BCUT2D eigenvalue weighted by molar-refractivity contribution is 7.89. The highest BCUT2D eigenvalue weighted by Crippen LogP contribution is 2.23. The maximum atomic E-state index is 12.9. The van der Waals surface area contributed by atoms with Crippen LogP contribution < -0.4 is 5.32 Å². The summed E-state index contributed by atoms with van der Waals surface area (Å²) in [5, 5.41) is 3.37. The zero-order chi connectivity index (χ0) is 19.3. The van der Waals surface area contributed by atoms with Crippen LogP contribution in [0.25, 0.3) is 0 Å². The molecule has 0 aliphatic carbocycles. The van der Waals surface area contributed by atoms with E-state index in [1.807, 2.05) is 4.90 Å². The highest BCUT2D eigenvalue weighted by Gasteiger charge is 2.28. The zero-order valence-corrected chi connectivity index (χ0v) is 18.2. The lowest BCUT2D eigenvalue weighted by atomic mass is 9.96. The maximum absolute atomic E-state index is 12.9. The number of sulfonamides is 1. The van der Waals surface area contributed by atoms with E-state index in [4.69, 9.17) is 0 Å². The summed E-state index contributed by atoms with van der Waals surface area (Å²) in [6.45, 7) is 6.68. The molecule has 0 saturated carbocycles. The molecular weight excluding hydrogens is 398 g/mol. The standard InChI is InChI=1S/C20H31N3O3S.ClH/c1-2-21-16-17-9-13-22(14-10-17)20(24)18-7-6-8-19(15-18)27(25,26)23-11-4-3-5-12-23;/h6-8,15,17,21H,2-5,9-14,16H2,1H3;1H. The van der Waals surface area contributed by atoms with E-state index in [1.54, 1.807) is 28.6 Å². The smallest absolute Gasteiger partial charge is 0.253 e. The van der Waals surface area contributed by atoms with Crippen LogP contribution in [0.4, 0.5) is 0 Å². The van der Waals surface area contributed by atoms with Crippen LogP contribution in [0.3, 0.4) is 0 Å². The number of hydrogen-bond donors (Lipinski definition) is 1. The van der Waals surface area contributed by atoms with E-state index >= 15 is 0 Å². The molecule has 2 aliphatic rings. The van der Waals surface area contributed by atoms with Gasteiger partial charge in [-0.15, -0.1) is 12.4 Å². The fourth-order valence-electron chi connectivity index (χ4n) is 3.92. The SMILES string of the molecule is CCNCC1CCN(C(=O)c2cccc(S(=O)(=O)N3CCCCC3)c2)CC1.Cl. The summed E-state index contributed by atoms with van der Waals surface area (Å²) in [7, 11) is -3.51. The van der Waals surface area contributed by atoms with Gasteiger partial charge in [-0.1, -0.05) is 19.4 Å². The number of likely N-dealkylation sites (tertiary alicyclic amines) is 1. The van der Waals surface area contributed by atoms with Crippen LogP contribution in [0.15, 0.2) is 29.2 Å². The Morgan fingerprint density at radius 3 is 2.43 bits per heavy atom. The molecule has 0 unspecified atom stereocenters. The topological polar surface area (TPSA) is 69.7 Å². The van der Waals surface area contributed by atoms with E-state index in [1.165, 1.54) is 0 Å². The van der Waals surface area contributed by atoms with E-state index in [2.05, 4.69) is 12.2 Å². The molecule has 1 amide bonds. The summed E-state index contributed by atoms with van der Waals surface area (Å²) in [6.07, 6.45) is 4.86. The third-order valence-electron chi connectivity index (χ3n) is 5.62. The van der Waals surface area contributed by atoms with Crippen LogP contribution in [-0.2, 0) is 10.0 Å². The second-order valence-corrected chi connectivity index (χ2v) is 9.47. The fraction of sp³-hybridized carbons (Fsp3) is 0.650. The number of nitrogens with one attached hydrogen (secondary N) is 1. The first kappa shape index (κ1) is 23.1. The van der Waals surface area contributed by atoms with Crippen LogP contribution in [0.2, 0.25) is 0 Å². The van der Waals surface area contributed by atoms with Gasteiger partial charge in [-0.25, -0.2) is 8.42 Å². The second-order valence-electron chi connectivity index (χ2n) is 7.54. The van der Waals surface area contributed by atoms with Crippen LogP contribution in [-0.4, -0.2) is 62.8 Å². The number of carbonyl (C=O) groups is 1. The van der Waals surface area contributed by atoms with Crippen LogP contribution in [0, 0.1) is 5.92 Å². The van der Waals surface area contributed by atoms with Crippen LogP contribution >= 0.6 is 12.4 Å². The number of carbonyl (C=O) groups excluding carboxylic acids is 1. The number of piperidine rings is 2. The lowest BCUT2D eigenvalue weighted by Crippen LogP contribution is -2.41. The minimum absolute atomic E-state index is 0. The van der Waals surface area contributed by atoms with Gasteiger partial charge in [-0.05, 0) is 62.9 Å². The van der Waals surface area contributed by atoms with E-state index < -0.39 is 10.0 Å². The van der Waals surface area contributed by atoms with Gasteiger partial charge < -0.3 is 10.2 Å². The molecule has 2 aliphatic heterocycles. The Labute approximate surface area is 175 Å². The van der Waals surface area contributed by atoms with E-state index in [9.17, 15) is 13.2 Å². The molecule has 2 fully saturated rings. The predicted octanol–water partition coefficient (Wildman–Crippen LogP) is 2.74. The van der Waals surface area contributed by atoms with Crippen molar-refractivity contribution in [1.29, 1.82) is 0 Å². The first-order valence-electron chi connectivity index (χ1n) is 10.1. The largest absolute Gasteiger partial charge is 0.339 e. The lowest BCUT2D eigenvalue weighted by Gasteiger charge is -2.32. The number of hydrogen-bond acceptors (Lipinski definition) is 4. The molecular formula is C20H32ClN3O3S. The molecule has 6 nitrogen and oxygen atoms in total. The molecule has 3 rings (SSSR count). The Balaban J connectivity index is 0.00000280. The molecule has 28 heavy (non-hydrogen) atoms. The molecule has 1 aromatic rings. The summed E-state index contributed by atoms with van der Waals surface area (Å²) in [6, 6.07) is 6.56. The van der Waals surface area contributed by atoms with Gasteiger partial charge in [-0.3, -0.25) is 4.79 Å². The Morgan fingerprint density at radius 1 is 1.11 bits per heavy atom. The average molecular weight is 430 g/mol. The Morgan fingerprint density at radius 2 is 1.79 bits per heavy atom. The van der Waals surface area contributed by atoms with Crippen molar-refractivity contribution in [1.82, 2.24) is 14.5 Å². The summed E-state index contributed by atoms with van der Waals surface area (Å²) in [5.74, 6) is 0.549. The van der Waals surface area contributed by atoms with Crippen molar-refractivity contribution in [2.45, 2.75) is 43.9 Å². The van der Waals surface area contributed by atoms with Crippen molar-refractivity contribution in [2.24, 2.45) is 5.92 Å². The lowest BCUT2D eigenvalue weighted by molar-refractivity contribution is 0.0690. The summed E-state index contributed by atoms with van der Waals surface area (Å²) in [4.78, 5) is 15.0. The number of amides is 1. The van der Waals surface area contributed by atoms with E-state index in [0.717, 1.165) is 58.3 Å². The van der Waals surface area contributed by atoms with Gasteiger partial charge >= 0.3 is 0 Å². The Hall–Kier alpha value is -1.15. The van der Waals surface area contributed by atoms with E-state index in [0.29, 0.717) is 24.6 Å².